The highest BCUT2D eigenvalue weighted by Gasteiger charge is 2.48. The fraction of sp³-hybridized carbons (Fsp3) is 0.706. The number of aromatic nitrogens is 2. The summed E-state index contributed by atoms with van der Waals surface area (Å²) in [6, 6.07) is 0. The van der Waals surface area contributed by atoms with E-state index in [0.29, 0.717) is 18.0 Å². The summed E-state index contributed by atoms with van der Waals surface area (Å²) in [6.45, 7) is 0.288. The number of hydrogen-bond acceptors (Lipinski definition) is 4. The minimum absolute atomic E-state index is 0.0506. The zero-order chi connectivity index (χ0) is 16.2. The SMILES string of the molecule is O=C(c1cnc[nH]1)[C@H]1C[C@H]1C(=O)NCC(O)CC1CCCCC1. The van der Waals surface area contributed by atoms with E-state index in [1.165, 1.54) is 44.6 Å². The van der Waals surface area contributed by atoms with Crippen LogP contribution in [0.25, 0.3) is 0 Å². The topological polar surface area (TPSA) is 95.1 Å². The van der Waals surface area contributed by atoms with Crippen molar-refractivity contribution in [1.82, 2.24) is 15.3 Å². The Hall–Kier alpha value is -1.69. The van der Waals surface area contributed by atoms with Gasteiger partial charge in [0.1, 0.15) is 5.69 Å². The first-order chi connectivity index (χ1) is 11.1. The molecule has 23 heavy (non-hydrogen) atoms. The van der Waals surface area contributed by atoms with Gasteiger partial charge < -0.3 is 15.4 Å². The van der Waals surface area contributed by atoms with Crippen molar-refractivity contribution in [3.63, 3.8) is 0 Å². The molecule has 6 heteroatoms. The van der Waals surface area contributed by atoms with Gasteiger partial charge in [-0.2, -0.15) is 0 Å². The number of rotatable bonds is 7. The fourth-order valence-corrected chi connectivity index (χ4v) is 3.61. The molecule has 2 saturated carbocycles. The Labute approximate surface area is 136 Å². The van der Waals surface area contributed by atoms with Crippen LogP contribution in [0.15, 0.2) is 12.5 Å². The van der Waals surface area contributed by atoms with Crippen LogP contribution < -0.4 is 5.32 Å². The highest BCUT2D eigenvalue weighted by molar-refractivity contribution is 6.02. The van der Waals surface area contributed by atoms with Gasteiger partial charge in [0, 0.05) is 18.4 Å². The lowest BCUT2D eigenvalue weighted by molar-refractivity contribution is -0.123. The molecule has 6 nitrogen and oxygen atoms in total. The lowest BCUT2D eigenvalue weighted by atomic mass is 9.85. The number of ketones is 1. The van der Waals surface area contributed by atoms with Gasteiger partial charge in [0.2, 0.25) is 5.91 Å². The van der Waals surface area contributed by atoms with Crippen LogP contribution in [-0.4, -0.2) is 39.4 Å². The van der Waals surface area contributed by atoms with Gasteiger partial charge in [-0.1, -0.05) is 32.1 Å². The summed E-state index contributed by atoms with van der Waals surface area (Å²) < 4.78 is 0. The first kappa shape index (κ1) is 16.2. The summed E-state index contributed by atoms with van der Waals surface area (Å²) in [5, 5.41) is 12.9. The number of aromatic amines is 1. The van der Waals surface area contributed by atoms with Crippen molar-refractivity contribution in [1.29, 1.82) is 0 Å². The van der Waals surface area contributed by atoms with Crippen molar-refractivity contribution < 1.29 is 14.7 Å². The van der Waals surface area contributed by atoms with Crippen molar-refractivity contribution in [2.24, 2.45) is 17.8 Å². The number of H-pyrrole nitrogens is 1. The Morgan fingerprint density at radius 2 is 2.09 bits per heavy atom. The zero-order valence-corrected chi connectivity index (χ0v) is 13.3. The van der Waals surface area contributed by atoms with Crippen LogP contribution in [-0.2, 0) is 4.79 Å². The molecule has 1 unspecified atom stereocenters. The molecule has 3 atom stereocenters. The van der Waals surface area contributed by atoms with Gasteiger partial charge in [-0.3, -0.25) is 9.59 Å². The van der Waals surface area contributed by atoms with Gasteiger partial charge in [-0.05, 0) is 18.8 Å². The van der Waals surface area contributed by atoms with Gasteiger partial charge in [-0.25, -0.2) is 4.98 Å². The van der Waals surface area contributed by atoms with Gasteiger partial charge in [0.15, 0.2) is 5.78 Å². The predicted molar refractivity (Wildman–Crippen MR) is 84.7 cm³/mol. The second kappa shape index (κ2) is 7.25. The number of amides is 1. The zero-order valence-electron chi connectivity index (χ0n) is 13.3. The highest BCUT2D eigenvalue weighted by atomic mass is 16.3. The van der Waals surface area contributed by atoms with Crippen LogP contribution in [0.5, 0.6) is 0 Å². The molecule has 3 rings (SSSR count). The highest BCUT2D eigenvalue weighted by Crippen LogP contribution is 2.40. The fourth-order valence-electron chi connectivity index (χ4n) is 3.61. The molecule has 2 aliphatic carbocycles. The van der Waals surface area contributed by atoms with E-state index in [2.05, 4.69) is 15.3 Å². The number of carbonyl (C=O) groups is 2. The van der Waals surface area contributed by atoms with E-state index in [0.717, 1.165) is 6.42 Å². The standard InChI is InChI=1S/C17H25N3O3/c21-12(6-11-4-2-1-3-5-11)8-19-17(23)14-7-13(14)16(22)15-9-18-10-20-15/h9-14,21H,1-8H2,(H,18,20)(H,19,23)/t12?,13-,14+/m0/s1. The van der Waals surface area contributed by atoms with E-state index in [4.69, 9.17) is 0 Å². The Morgan fingerprint density at radius 3 is 2.78 bits per heavy atom. The molecule has 0 aromatic carbocycles. The van der Waals surface area contributed by atoms with Crippen molar-refractivity contribution in [2.45, 2.75) is 51.0 Å². The Balaban J connectivity index is 1.37. The Bertz CT molecular complexity index is 537. The molecule has 0 aliphatic heterocycles. The molecule has 126 valence electrons. The van der Waals surface area contributed by atoms with Gasteiger partial charge in [0.25, 0.3) is 0 Å². The molecule has 0 saturated heterocycles. The van der Waals surface area contributed by atoms with Crippen molar-refractivity contribution >= 4 is 11.7 Å². The molecule has 1 aromatic heterocycles. The molecule has 0 radical (unpaired) electrons. The largest absolute Gasteiger partial charge is 0.391 e. The smallest absolute Gasteiger partial charge is 0.223 e. The first-order valence-corrected chi connectivity index (χ1v) is 8.63. The summed E-state index contributed by atoms with van der Waals surface area (Å²) in [5.74, 6) is -0.0825. The average molecular weight is 319 g/mol. The maximum Gasteiger partial charge on any atom is 0.223 e. The Morgan fingerprint density at radius 1 is 1.30 bits per heavy atom. The van der Waals surface area contributed by atoms with Crippen LogP contribution in [0.1, 0.15) is 55.4 Å². The lowest BCUT2D eigenvalue weighted by Crippen LogP contribution is -2.35. The van der Waals surface area contributed by atoms with Crippen molar-refractivity contribution in [2.75, 3.05) is 6.54 Å². The molecular formula is C17H25N3O3. The Kier molecular flexibility index (Phi) is 5.10. The third-order valence-corrected chi connectivity index (χ3v) is 5.07. The molecule has 0 bridgehead atoms. The summed E-state index contributed by atoms with van der Waals surface area (Å²) in [4.78, 5) is 30.8. The number of hydrogen-bond donors (Lipinski definition) is 3. The van der Waals surface area contributed by atoms with E-state index in [9.17, 15) is 14.7 Å². The molecule has 2 fully saturated rings. The third kappa shape index (κ3) is 4.19. The van der Waals surface area contributed by atoms with Gasteiger partial charge >= 0.3 is 0 Å². The number of nitrogens with one attached hydrogen (secondary N) is 2. The third-order valence-electron chi connectivity index (χ3n) is 5.07. The maximum absolute atomic E-state index is 12.1. The monoisotopic (exact) mass is 319 g/mol. The number of Topliss-reactive ketones (excluding diaryl/α,β-unsaturated/α-hetero) is 1. The van der Waals surface area contributed by atoms with Crippen LogP contribution >= 0.6 is 0 Å². The lowest BCUT2D eigenvalue weighted by Gasteiger charge is -2.24. The first-order valence-electron chi connectivity index (χ1n) is 8.63. The minimum Gasteiger partial charge on any atom is -0.391 e. The second-order valence-corrected chi connectivity index (χ2v) is 6.92. The van der Waals surface area contributed by atoms with Gasteiger partial charge in [0.05, 0.1) is 18.6 Å². The van der Waals surface area contributed by atoms with Crippen LogP contribution in [0.2, 0.25) is 0 Å². The summed E-state index contributed by atoms with van der Waals surface area (Å²) in [7, 11) is 0. The number of imidazole rings is 1. The molecule has 1 amide bonds. The summed E-state index contributed by atoms with van der Waals surface area (Å²) >= 11 is 0. The average Bonchev–Trinajstić information content (AvgIpc) is 3.17. The number of aliphatic hydroxyl groups excluding tert-OH is 1. The van der Waals surface area contributed by atoms with E-state index < -0.39 is 6.10 Å². The predicted octanol–water partition coefficient (Wildman–Crippen LogP) is 1.68. The molecule has 2 aliphatic rings. The second-order valence-electron chi connectivity index (χ2n) is 6.92. The van der Waals surface area contributed by atoms with Crippen LogP contribution in [0, 0.1) is 17.8 Å². The van der Waals surface area contributed by atoms with E-state index in [1.54, 1.807) is 0 Å². The molecule has 0 spiro atoms. The number of carbonyl (C=O) groups excluding carboxylic acids is 2. The van der Waals surface area contributed by atoms with Crippen LogP contribution in [0.4, 0.5) is 0 Å². The summed E-state index contributed by atoms with van der Waals surface area (Å²) in [6.07, 6.45) is 10.0. The van der Waals surface area contributed by atoms with E-state index >= 15 is 0 Å². The van der Waals surface area contributed by atoms with Gasteiger partial charge in [-0.15, -0.1) is 0 Å². The molecular weight excluding hydrogens is 294 g/mol. The van der Waals surface area contributed by atoms with Crippen molar-refractivity contribution in [3.05, 3.63) is 18.2 Å². The molecule has 1 aromatic rings. The molecule has 1 heterocycles. The molecule has 3 N–H and O–H groups in total. The van der Waals surface area contributed by atoms with Crippen LogP contribution in [0.3, 0.4) is 0 Å². The quantitative estimate of drug-likeness (QED) is 0.666. The summed E-state index contributed by atoms with van der Waals surface area (Å²) in [5.41, 5.74) is 0.461. The van der Waals surface area contributed by atoms with E-state index in [-0.39, 0.29) is 30.1 Å². The maximum atomic E-state index is 12.1. The number of nitrogens with zero attached hydrogens (tertiary/aromatic N) is 1. The van der Waals surface area contributed by atoms with Crippen molar-refractivity contribution in [3.8, 4) is 0 Å². The van der Waals surface area contributed by atoms with E-state index in [1.807, 2.05) is 0 Å². The minimum atomic E-state index is -0.484. The normalized spacial score (nSPS) is 25.8. The number of aliphatic hydroxyl groups is 1.